The fourth-order valence-corrected chi connectivity index (χ4v) is 3.83. The third-order valence-electron chi connectivity index (χ3n) is 5.08. The van der Waals surface area contributed by atoms with Crippen LogP contribution in [0.3, 0.4) is 0 Å². The maximum absolute atomic E-state index is 12.8. The van der Waals surface area contributed by atoms with Crippen LogP contribution in [0.4, 0.5) is 0 Å². The number of benzene rings is 1. The highest BCUT2D eigenvalue weighted by Gasteiger charge is 2.33. The fourth-order valence-electron chi connectivity index (χ4n) is 3.83. The first-order valence-electron chi connectivity index (χ1n) is 8.77. The first kappa shape index (κ1) is 15.9. The average Bonchev–Trinajstić information content (AvgIpc) is 3.29. The Morgan fingerprint density at radius 2 is 2.16 bits per heavy atom. The molecular formula is C19H22N4O2. The summed E-state index contributed by atoms with van der Waals surface area (Å²) in [6.07, 6.45) is 5.83. The number of likely N-dealkylation sites (tertiary alicyclic amines) is 1. The Morgan fingerprint density at radius 3 is 2.92 bits per heavy atom. The van der Waals surface area contributed by atoms with Crippen molar-refractivity contribution >= 4 is 11.8 Å². The highest BCUT2D eigenvalue weighted by molar-refractivity contribution is 6.00. The number of carbonyl (C=O) groups excluding carboxylic acids is 2. The molecule has 6 nitrogen and oxygen atoms in total. The van der Waals surface area contributed by atoms with Gasteiger partial charge in [-0.3, -0.25) is 14.3 Å². The molecule has 6 heteroatoms. The van der Waals surface area contributed by atoms with E-state index in [1.807, 2.05) is 53.2 Å². The van der Waals surface area contributed by atoms with Gasteiger partial charge in [0, 0.05) is 24.8 Å². The lowest BCUT2D eigenvalue weighted by molar-refractivity contribution is -0.133. The standard InChI is InChI=1S/C19H22N4O2/c1-14-9-20-22(10-14)12-16-6-4-8-23(16)18(24)13-21-11-15-5-2-3-7-17(15)19(21)25/h2-3,5,7,9-10,16H,4,6,8,11-13H2,1H3/t16-/m1/s1. The molecule has 1 aromatic heterocycles. The van der Waals surface area contributed by atoms with Crippen molar-refractivity contribution in [2.75, 3.05) is 13.1 Å². The number of rotatable bonds is 4. The summed E-state index contributed by atoms with van der Waals surface area (Å²) in [6.45, 7) is 4.17. The van der Waals surface area contributed by atoms with Gasteiger partial charge in [-0.1, -0.05) is 18.2 Å². The van der Waals surface area contributed by atoms with Crippen molar-refractivity contribution in [3.8, 4) is 0 Å². The van der Waals surface area contributed by atoms with Crippen molar-refractivity contribution in [3.63, 3.8) is 0 Å². The monoisotopic (exact) mass is 338 g/mol. The van der Waals surface area contributed by atoms with Crippen LogP contribution >= 0.6 is 0 Å². The zero-order chi connectivity index (χ0) is 17.4. The Balaban J connectivity index is 1.41. The highest BCUT2D eigenvalue weighted by atomic mass is 16.2. The minimum atomic E-state index is -0.0394. The van der Waals surface area contributed by atoms with Crippen molar-refractivity contribution in [2.24, 2.45) is 0 Å². The van der Waals surface area contributed by atoms with Crippen molar-refractivity contribution < 1.29 is 9.59 Å². The van der Waals surface area contributed by atoms with E-state index >= 15 is 0 Å². The van der Waals surface area contributed by atoms with E-state index in [0.29, 0.717) is 13.1 Å². The van der Waals surface area contributed by atoms with Gasteiger partial charge in [0.1, 0.15) is 6.54 Å². The summed E-state index contributed by atoms with van der Waals surface area (Å²) >= 11 is 0. The first-order valence-corrected chi connectivity index (χ1v) is 8.77. The number of carbonyl (C=O) groups is 2. The summed E-state index contributed by atoms with van der Waals surface area (Å²) in [4.78, 5) is 28.8. The third kappa shape index (κ3) is 3.04. The zero-order valence-electron chi connectivity index (χ0n) is 14.4. The van der Waals surface area contributed by atoms with E-state index < -0.39 is 0 Å². The molecule has 0 aliphatic carbocycles. The van der Waals surface area contributed by atoms with Crippen molar-refractivity contribution in [3.05, 3.63) is 53.3 Å². The quantitative estimate of drug-likeness (QED) is 0.855. The average molecular weight is 338 g/mol. The molecule has 0 radical (unpaired) electrons. The molecule has 2 aliphatic heterocycles. The molecular weight excluding hydrogens is 316 g/mol. The van der Waals surface area contributed by atoms with Crippen molar-refractivity contribution in [1.82, 2.24) is 19.6 Å². The molecule has 0 spiro atoms. The number of hydrogen-bond acceptors (Lipinski definition) is 3. The van der Waals surface area contributed by atoms with Gasteiger partial charge in [0.05, 0.1) is 18.8 Å². The Hall–Kier alpha value is -2.63. The summed E-state index contributed by atoms with van der Waals surface area (Å²) in [6, 6.07) is 7.74. The molecule has 2 amide bonds. The van der Waals surface area contributed by atoms with Crippen LogP contribution in [-0.2, 0) is 17.9 Å². The van der Waals surface area contributed by atoms with Gasteiger partial charge in [0.2, 0.25) is 5.91 Å². The van der Waals surface area contributed by atoms with Crippen molar-refractivity contribution in [2.45, 2.75) is 38.9 Å². The molecule has 1 fully saturated rings. The molecule has 130 valence electrons. The number of amides is 2. The van der Waals surface area contributed by atoms with Crippen LogP contribution in [-0.4, -0.2) is 50.5 Å². The Bertz CT molecular complexity index is 813. The number of fused-ring (bicyclic) bond motifs is 1. The molecule has 2 aliphatic rings. The molecule has 0 unspecified atom stereocenters. The van der Waals surface area contributed by atoms with Gasteiger partial charge in [0.25, 0.3) is 5.91 Å². The lowest BCUT2D eigenvalue weighted by Gasteiger charge is -2.27. The molecule has 1 saturated heterocycles. The second kappa shape index (κ2) is 6.35. The second-order valence-electron chi connectivity index (χ2n) is 6.94. The first-order chi connectivity index (χ1) is 12.1. The third-order valence-corrected chi connectivity index (χ3v) is 5.08. The van der Waals surface area contributed by atoms with Gasteiger partial charge in [-0.2, -0.15) is 5.10 Å². The van der Waals surface area contributed by atoms with Crippen LogP contribution in [0.5, 0.6) is 0 Å². The van der Waals surface area contributed by atoms with E-state index in [2.05, 4.69) is 5.10 Å². The number of hydrogen-bond donors (Lipinski definition) is 0. The summed E-state index contributed by atoms with van der Waals surface area (Å²) in [5.74, 6) is -0.00469. The molecule has 2 aromatic rings. The highest BCUT2D eigenvalue weighted by Crippen LogP contribution is 2.24. The van der Waals surface area contributed by atoms with E-state index in [9.17, 15) is 9.59 Å². The zero-order valence-corrected chi connectivity index (χ0v) is 14.4. The largest absolute Gasteiger partial charge is 0.336 e. The molecule has 25 heavy (non-hydrogen) atoms. The minimum absolute atomic E-state index is 0.0348. The van der Waals surface area contributed by atoms with Crippen LogP contribution in [0.2, 0.25) is 0 Å². The minimum Gasteiger partial charge on any atom is -0.336 e. The van der Waals surface area contributed by atoms with Gasteiger partial charge in [-0.25, -0.2) is 0 Å². The van der Waals surface area contributed by atoms with Gasteiger partial charge in [0.15, 0.2) is 0 Å². The number of aromatic nitrogens is 2. The normalized spacial score (nSPS) is 19.6. The second-order valence-corrected chi connectivity index (χ2v) is 6.94. The summed E-state index contributed by atoms with van der Waals surface area (Å²) < 4.78 is 1.91. The van der Waals surface area contributed by atoms with Crippen LogP contribution in [0.15, 0.2) is 36.7 Å². The molecule has 4 rings (SSSR count). The van der Waals surface area contributed by atoms with E-state index in [-0.39, 0.29) is 24.4 Å². The molecule has 0 N–H and O–H groups in total. The van der Waals surface area contributed by atoms with Crippen LogP contribution in [0.25, 0.3) is 0 Å². The van der Waals surface area contributed by atoms with Crippen LogP contribution < -0.4 is 0 Å². The van der Waals surface area contributed by atoms with E-state index in [0.717, 1.165) is 36.1 Å². The predicted octanol–water partition coefficient (Wildman–Crippen LogP) is 1.84. The van der Waals surface area contributed by atoms with E-state index in [1.165, 1.54) is 0 Å². The fraction of sp³-hybridized carbons (Fsp3) is 0.421. The molecule has 0 saturated carbocycles. The van der Waals surface area contributed by atoms with E-state index in [1.54, 1.807) is 4.90 Å². The van der Waals surface area contributed by atoms with Crippen LogP contribution in [0.1, 0.15) is 34.3 Å². The lowest BCUT2D eigenvalue weighted by atomic mass is 10.1. The lowest BCUT2D eigenvalue weighted by Crippen LogP contribution is -2.44. The molecule has 3 heterocycles. The maximum Gasteiger partial charge on any atom is 0.254 e. The van der Waals surface area contributed by atoms with Gasteiger partial charge >= 0.3 is 0 Å². The predicted molar refractivity (Wildman–Crippen MR) is 92.9 cm³/mol. The van der Waals surface area contributed by atoms with Gasteiger partial charge in [-0.05, 0) is 37.0 Å². The van der Waals surface area contributed by atoms with Crippen molar-refractivity contribution in [1.29, 1.82) is 0 Å². The summed E-state index contributed by atoms with van der Waals surface area (Å²) in [7, 11) is 0. The smallest absolute Gasteiger partial charge is 0.254 e. The maximum atomic E-state index is 12.8. The Morgan fingerprint density at radius 1 is 1.32 bits per heavy atom. The van der Waals surface area contributed by atoms with Gasteiger partial charge in [-0.15, -0.1) is 0 Å². The van der Waals surface area contributed by atoms with E-state index in [4.69, 9.17) is 0 Å². The molecule has 1 aromatic carbocycles. The molecule has 1 atom stereocenters. The molecule has 0 bridgehead atoms. The van der Waals surface area contributed by atoms with Crippen LogP contribution in [0, 0.1) is 6.92 Å². The Kier molecular flexibility index (Phi) is 4.03. The summed E-state index contributed by atoms with van der Waals surface area (Å²) in [5.41, 5.74) is 2.85. The van der Waals surface area contributed by atoms with Gasteiger partial charge < -0.3 is 9.80 Å². The summed E-state index contributed by atoms with van der Waals surface area (Å²) in [5, 5.41) is 4.33. The number of nitrogens with zero attached hydrogens (tertiary/aromatic N) is 4. The topological polar surface area (TPSA) is 58.4 Å². The SMILES string of the molecule is Cc1cnn(C[C@H]2CCCN2C(=O)CN2Cc3ccccc3C2=O)c1. The number of aryl methyl sites for hydroxylation is 1. The Labute approximate surface area is 147 Å².